The second-order valence-corrected chi connectivity index (χ2v) is 9.76. The zero-order chi connectivity index (χ0) is 23.7. The fourth-order valence-corrected chi connectivity index (χ4v) is 5.71. The van der Waals surface area contributed by atoms with Crippen molar-refractivity contribution in [3.63, 3.8) is 0 Å². The molecule has 0 unspecified atom stereocenters. The Bertz CT molecular complexity index is 1120. The van der Waals surface area contributed by atoms with Crippen molar-refractivity contribution in [1.82, 2.24) is 14.8 Å². The van der Waals surface area contributed by atoms with Gasteiger partial charge in [-0.05, 0) is 61.6 Å². The monoisotopic (exact) mass is 464 g/mol. The number of amides is 3. The number of rotatable bonds is 4. The van der Waals surface area contributed by atoms with Crippen LogP contribution in [0.2, 0.25) is 0 Å². The SMILES string of the molecule is COc1ccc(C(=O)N2C[C@H]3C[C@H](C2)c2ccc(NC(=O)NC4CCCCC4)c(=O)n2C3)cc1. The van der Waals surface area contributed by atoms with Gasteiger partial charge < -0.3 is 24.8 Å². The Kier molecular flexibility index (Phi) is 6.30. The fraction of sp³-hybridized carbons (Fsp3) is 0.500. The summed E-state index contributed by atoms with van der Waals surface area (Å²) in [7, 11) is 1.60. The average molecular weight is 465 g/mol. The molecule has 1 saturated heterocycles. The van der Waals surface area contributed by atoms with Gasteiger partial charge in [-0.15, -0.1) is 0 Å². The van der Waals surface area contributed by atoms with E-state index in [1.54, 1.807) is 42.0 Å². The smallest absolute Gasteiger partial charge is 0.319 e. The minimum Gasteiger partial charge on any atom is -0.497 e. The fourth-order valence-electron chi connectivity index (χ4n) is 5.71. The number of nitrogens with zero attached hydrogens (tertiary/aromatic N) is 2. The summed E-state index contributed by atoms with van der Waals surface area (Å²) in [6, 6.07) is 10.7. The van der Waals surface area contributed by atoms with Crippen molar-refractivity contribution < 1.29 is 14.3 Å². The molecule has 2 aliphatic heterocycles. The van der Waals surface area contributed by atoms with E-state index in [-0.39, 0.29) is 35.4 Å². The first-order valence-corrected chi connectivity index (χ1v) is 12.3. The van der Waals surface area contributed by atoms with Gasteiger partial charge in [-0.3, -0.25) is 9.59 Å². The van der Waals surface area contributed by atoms with E-state index in [0.717, 1.165) is 43.5 Å². The molecule has 1 aliphatic carbocycles. The van der Waals surface area contributed by atoms with E-state index in [2.05, 4.69) is 10.6 Å². The summed E-state index contributed by atoms with van der Waals surface area (Å²) in [5.74, 6) is 1.04. The molecule has 2 aromatic rings. The van der Waals surface area contributed by atoms with E-state index >= 15 is 0 Å². The summed E-state index contributed by atoms with van der Waals surface area (Å²) < 4.78 is 6.99. The zero-order valence-corrected chi connectivity index (χ0v) is 19.6. The first-order valence-electron chi connectivity index (χ1n) is 12.3. The third-order valence-electron chi connectivity index (χ3n) is 7.42. The lowest BCUT2D eigenvalue weighted by atomic mass is 9.83. The molecule has 1 aromatic carbocycles. The van der Waals surface area contributed by atoms with Gasteiger partial charge in [0, 0.05) is 42.9 Å². The summed E-state index contributed by atoms with van der Waals surface area (Å²) in [4.78, 5) is 40.7. The Balaban J connectivity index is 1.29. The molecule has 0 radical (unpaired) electrons. The molecule has 180 valence electrons. The van der Waals surface area contributed by atoms with Gasteiger partial charge in [0.15, 0.2) is 0 Å². The highest BCUT2D eigenvalue weighted by molar-refractivity contribution is 5.94. The molecule has 3 heterocycles. The molecular formula is C26H32N4O4. The van der Waals surface area contributed by atoms with Crippen LogP contribution in [0.3, 0.4) is 0 Å². The van der Waals surface area contributed by atoms with Crippen LogP contribution in [-0.2, 0) is 6.54 Å². The second kappa shape index (κ2) is 9.52. The van der Waals surface area contributed by atoms with Gasteiger partial charge in [0.05, 0.1) is 7.11 Å². The van der Waals surface area contributed by atoms with Gasteiger partial charge in [-0.1, -0.05) is 19.3 Å². The van der Waals surface area contributed by atoms with Gasteiger partial charge >= 0.3 is 6.03 Å². The number of carbonyl (C=O) groups is 2. The number of benzene rings is 1. The predicted octanol–water partition coefficient (Wildman–Crippen LogP) is 3.57. The third kappa shape index (κ3) is 4.54. The number of pyridine rings is 1. The Hall–Kier alpha value is -3.29. The van der Waals surface area contributed by atoms with Crippen LogP contribution in [0.1, 0.15) is 60.5 Å². The van der Waals surface area contributed by atoms with E-state index in [1.807, 2.05) is 11.0 Å². The van der Waals surface area contributed by atoms with Gasteiger partial charge in [0.2, 0.25) is 0 Å². The van der Waals surface area contributed by atoms with Gasteiger partial charge in [0.1, 0.15) is 11.4 Å². The van der Waals surface area contributed by atoms with Crippen LogP contribution in [-0.4, -0.2) is 47.6 Å². The number of urea groups is 1. The summed E-state index contributed by atoms with van der Waals surface area (Å²) in [5, 5.41) is 5.78. The van der Waals surface area contributed by atoms with E-state index in [0.29, 0.717) is 30.9 Å². The molecule has 2 atom stereocenters. The van der Waals surface area contributed by atoms with Crippen molar-refractivity contribution >= 4 is 17.6 Å². The standard InChI is InChI=1S/C26H32N4O4/c1-34-21-9-7-18(8-10-21)24(31)29-14-17-13-19(16-29)23-12-11-22(25(32)30(23)15-17)28-26(33)27-20-5-3-2-4-6-20/h7-12,17,19-20H,2-6,13-16H2,1H3,(H2,27,28,33)/t17-,19-/m1/s1. The number of piperidine rings is 1. The van der Waals surface area contributed by atoms with E-state index in [1.165, 1.54) is 6.42 Å². The molecule has 2 N–H and O–H groups in total. The highest BCUT2D eigenvalue weighted by Crippen LogP contribution is 2.36. The van der Waals surface area contributed by atoms with Crippen molar-refractivity contribution in [2.75, 3.05) is 25.5 Å². The number of likely N-dealkylation sites (tertiary alicyclic amines) is 1. The van der Waals surface area contributed by atoms with Gasteiger partial charge in [0.25, 0.3) is 11.5 Å². The van der Waals surface area contributed by atoms with Crippen LogP contribution in [0.25, 0.3) is 0 Å². The maximum Gasteiger partial charge on any atom is 0.319 e. The number of anilines is 1. The number of methoxy groups -OCH3 is 1. The molecular weight excluding hydrogens is 432 g/mol. The first kappa shape index (κ1) is 22.5. The largest absolute Gasteiger partial charge is 0.497 e. The number of carbonyl (C=O) groups excluding carboxylic acids is 2. The van der Waals surface area contributed by atoms with Crippen molar-refractivity contribution in [1.29, 1.82) is 0 Å². The van der Waals surface area contributed by atoms with Crippen molar-refractivity contribution in [2.45, 2.75) is 57.0 Å². The molecule has 0 spiro atoms. The molecule has 1 aromatic heterocycles. The molecule has 1 saturated carbocycles. The Labute approximate surface area is 199 Å². The lowest BCUT2D eigenvalue weighted by Gasteiger charge is -2.43. The minimum absolute atomic E-state index is 0.00539. The summed E-state index contributed by atoms with van der Waals surface area (Å²) in [6.07, 6.45) is 6.43. The highest BCUT2D eigenvalue weighted by atomic mass is 16.5. The second-order valence-electron chi connectivity index (χ2n) is 9.76. The summed E-state index contributed by atoms with van der Waals surface area (Å²) in [5.41, 5.74) is 1.72. The Morgan fingerprint density at radius 3 is 2.47 bits per heavy atom. The highest BCUT2D eigenvalue weighted by Gasteiger charge is 2.37. The number of ether oxygens (including phenoxy) is 1. The minimum atomic E-state index is -0.309. The summed E-state index contributed by atoms with van der Waals surface area (Å²) in [6.45, 7) is 1.75. The molecule has 34 heavy (non-hydrogen) atoms. The molecule has 2 bridgehead atoms. The maximum absolute atomic E-state index is 13.2. The summed E-state index contributed by atoms with van der Waals surface area (Å²) >= 11 is 0. The lowest BCUT2D eigenvalue weighted by Crippen LogP contribution is -2.49. The number of hydrogen-bond acceptors (Lipinski definition) is 4. The van der Waals surface area contributed by atoms with Crippen LogP contribution >= 0.6 is 0 Å². The van der Waals surface area contributed by atoms with E-state index in [9.17, 15) is 14.4 Å². The molecule has 8 nitrogen and oxygen atoms in total. The third-order valence-corrected chi connectivity index (χ3v) is 7.42. The Morgan fingerprint density at radius 2 is 1.74 bits per heavy atom. The molecule has 8 heteroatoms. The molecule has 3 amide bonds. The number of nitrogens with one attached hydrogen (secondary N) is 2. The van der Waals surface area contributed by atoms with Crippen LogP contribution in [0.4, 0.5) is 10.5 Å². The van der Waals surface area contributed by atoms with Crippen LogP contribution in [0, 0.1) is 5.92 Å². The predicted molar refractivity (Wildman–Crippen MR) is 129 cm³/mol. The number of aromatic nitrogens is 1. The quantitative estimate of drug-likeness (QED) is 0.724. The van der Waals surface area contributed by atoms with Crippen molar-refractivity contribution in [3.8, 4) is 5.75 Å². The van der Waals surface area contributed by atoms with Gasteiger partial charge in [-0.2, -0.15) is 0 Å². The van der Waals surface area contributed by atoms with E-state index in [4.69, 9.17) is 4.74 Å². The zero-order valence-electron chi connectivity index (χ0n) is 19.6. The van der Waals surface area contributed by atoms with Crippen molar-refractivity contribution in [2.24, 2.45) is 5.92 Å². The van der Waals surface area contributed by atoms with E-state index < -0.39 is 0 Å². The first-order chi connectivity index (χ1) is 16.5. The molecule has 3 aliphatic rings. The Morgan fingerprint density at radius 1 is 0.971 bits per heavy atom. The molecule has 2 fully saturated rings. The molecule has 5 rings (SSSR count). The number of hydrogen-bond donors (Lipinski definition) is 2. The van der Waals surface area contributed by atoms with Crippen LogP contribution in [0.5, 0.6) is 5.75 Å². The average Bonchev–Trinajstić information content (AvgIpc) is 2.86. The maximum atomic E-state index is 13.2. The van der Waals surface area contributed by atoms with Gasteiger partial charge in [-0.25, -0.2) is 4.79 Å². The van der Waals surface area contributed by atoms with Crippen LogP contribution < -0.4 is 20.9 Å². The van der Waals surface area contributed by atoms with Crippen molar-refractivity contribution in [3.05, 3.63) is 58.0 Å². The lowest BCUT2D eigenvalue weighted by molar-refractivity contribution is 0.0594. The number of fused-ring (bicyclic) bond motifs is 4. The topological polar surface area (TPSA) is 92.7 Å². The van der Waals surface area contributed by atoms with Crippen LogP contribution in [0.15, 0.2) is 41.2 Å². The normalized spacial score (nSPS) is 22.0.